The number of ether oxygens (including phenoxy) is 1. The molecule has 0 amide bonds. The lowest BCUT2D eigenvalue weighted by atomic mass is 10.0. The third-order valence-corrected chi connectivity index (χ3v) is 5.10. The van der Waals surface area contributed by atoms with Crippen molar-refractivity contribution in [1.82, 2.24) is 0 Å². The topological polar surface area (TPSA) is 9.23 Å². The van der Waals surface area contributed by atoms with Gasteiger partial charge < -0.3 is 4.74 Å². The number of aryl methyl sites for hydroxylation is 2. The standard InChI is InChI=1S/C25H34F2O/c1-3-5-7-8-10-11-20-13-16-22(17-14-20)28-24-19-21(12-9-6-4-2)15-18-23(24)25(26)27/h13-19,25H,3-12H2,1-2H3. The van der Waals surface area contributed by atoms with Gasteiger partial charge in [-0.2, -0.15) is 0 Å². The van der Waals surface area contributed by atoms with Crippen molar-refractivity contribution in [2.45, 2.75) is 84.5 Å². The van der Waals surface area contributed by atoms with Crippen molar-refractivity contribution in [3.05, 3.63) is 59.2 Å². The van der Waals surface area contributed by atoms with Crippen molar-refractivity contribution in [1.29, 1.82) is 0 Å². The number of benzene rings is 2. The molecule has 0 aliphatic rings. The van der Waals surface area contributed by atoms with Crippen LogP contribution in [0.15, 0.2) is 42.5 Å². The molecule has 28 heavy (non-hydrogen) atoms. The molecule has 1 nitrogen and oxygen atoms in total. The summed E-state index contributed by atoms with van der Waals surface area (Å²) in [5.41, 5.74) is 2.28. The molecule has 0 heterocycles. The van der Waals surface area contributed by atoms with Crippen LogP contribution in [0.2, 0.25) is 0 Å². The Balaban J connectivity index is 1.99. The lowest BCUT2D eigenvalue weighted by Crippen LogP contribution is -1.95. The van der Waals surface area contributed by atoms with Crippen molar-refractivity contribution in [3.8, 4) is 11.5 Å². The van der Waals surface area contributed by atoms with Gasteiger partial charge in [0.05, 0.1) is 5.56 Å². The van der Waals surface area contributed by atoms with Crippen LogP contribution in [0, 0.1) is 0 Å². The van der Waals surface area contributed by atoms with Gasteiger partial charge in [0, 0.05) is 0 Å². The summed E-state index contributed by atoms with van der Waals surface area (Å²) in [7, 11) is 0. The van der Waals surface area contributed by atoms with E-state index in [0.717, 1.165) is 37.7 Å². The minimum absolute atomic E-state index is 0.0424. The highest BCUT2D eigenvalue weighted by Crippen LogP contribution is 2.34. The Kier molecular flexibility index (Phi) is 10.0. The number of hydrogen-bond acceptors (Lipinski definition) is 1. The van der Waals surface area contributed by atoms with Gasteiger partial charge in [-0.1, -0.05) is 70.6 Å². The average Bonchev–Trinajstić information content (AvgIpc) is 2.69. The molecule has 2 aromatic carbocycles. The first-order valence-electron chi connectivity index (χ1n) is 10.8. The highest BCUT2D eigenvalue weighted by atomic mass is 19.3. The Morgan fingerprint density at radius 1 is 0.714 bits per heavy atom. The smallest absolute Gasteiger partial charge is 0.267 e. The summed E-state index contributed by atoms with van der Waals surface area (Å²) in [6, 6.07) is 12.9. The summed E-state index contributed by atoms with van der Waals surface area (Å²) in [5.74, 6) is 0.888. The van der Waals surface area contributed by atoms with Gasteiger partial charge >= 0.3 is 0 Å². The molecule has 0 atom stereocenters. The molecular formula is C25H34F2O. The number of unbranched alkanes of at least 4 members (excludes halogenated alkanes) is 6. The zero-order valence-electron chi connectivity index (χ0n) is 17.4. The molecular weight excluding hydrogens is 354 g/mol. The zero-order valence-corrected chi connectivity index (χ0v) is 17.4. The Morgan fingerprint density at radius 3 is 1.96 bits per heavy atom. The molecule has 0 saturated carbocycles. The number of halogens is 2. The molecule has 0 saturated heterocycles. The zero-order chi connectivity index (χ0) is 20.2. The van der Waals surface area contributed by atoms with Gasteiger partial charge in [0.15, 0.2) is 0 Å². The SMILES string of the molecule is CCCCCCCc1ccc(Oc2cc(CCCCC)ccc2C(F)F)cc1. The quantitative estimate of drug-likeness (QED) is 0.312. The summed E-state index contributed by atoms with van der Waals surface area (Å²) in [5, 5.41) is 0. The molecule has 154 valence electrons. The van der Waals surface area contributed by atoms with Crippen molar-refractivity contribution in [3.63, 3.8) is 0 Å². The van der Waals surface area contributed by atoms with Gasteiger partial charge in [-0.25, -0.2) is 8.78 Å². The van der Waals surface area contributed by atoms with E-state index in [0.29, 0.717) is 5.75 Å². The molecule has 0 fully saturated rings. The monoisotopic (exact) mass is 388 g/mol. The van der Waals surface area contributed by atoms with Crippen LogP contribution in [-0.4, -0.2) is 0 Å². The second-order valence-electron chi connectivity index (χ2n) is 7.54. The molecule has 0 radical (unpaired) electrons. The maximum Gasteiger partial charge on any atom is 0.267 e. The largest absolute Gasteiger partial charge is 0.457 e. The normalized spacial score (nSPS) is 11.2. The highest BCUT2D eigenvalue weighted by Gasteiger charge is 2.15. The van der Waals surface area contributed by atoms with Crippen molar-refractivity contribution >= 4 is 0 Å². The fourth-order valence-electron chi connectivity index (χ4n) is 3.37. The number of alkyl halides is 2. The van der Waals surface area contributed by atoms with E-state index in [4.69, 9.17) is 4.74 Å². The second-order valence-corrected chi connectivity index (χ2v) is 7.54. The lowest BCUT2D eigenvalue weighted by molar-refractivity contribution is 0.148. The minimum atomic E-state index is -2.54. The summed E-state index contributed by atoms with van der Waals surface area (Å²) in [4.78, 5) is 0. The predicted molar refractivity (Wildman–Crippen MR) is 114 cm³/mol. The highest BCUT2D eigenvalue weighted by molar-refractivity contribution is 5.42. The summed E-state index contributed by atoms with van der Waals surface area (Å²) < 4.78 is 32.6. The molecule has 3 heteroatoms. The third-order valence-electron chi connectivity index (χ3n) is 5.10. The molecule has 2 aromatic rings. The first-order valence-corrected chi connectivity index (χ1v) is 10.8. The summed E-state index contributed by atoms with van der Waals surface area (Å²) >= 11 is 0. The predicted octanol–water partition coefficient (Wildman–Crippen LogP) is 8.66. The van der Waals surface area contributed by atoms with Crippen molar-refractivity contribution in [2.24, 2.45) is 0 Å². The fraction of sp³-hybridized carbons (Fsp3) is 0.520. The summed E-state index contributed by atoms with van der Waals surface area (Å²) in [6.45, 7) is 4.38. The molecule has 0 aliphatic carbocycles. The van der Waals surface area contributed by atoms with Crippen molar-refractivity contribution in [2.75, 3.05) is 0 Å². The van der Waals surface area contributed by atoms with Gasteiger partial charge in [-0.05, 0) is 61.1 Å². The van der Waals surface area contributed by atoms with Crippen molar-refractivity contribution < 1.29 is 13.5 Å². The van der Waals surface area contributed by atoms with Gasteiger partial charge in [0.25, 0.3) is 6.43 Å². The van der Waals surface area contributed by atoms with Crippen LogP contribution in [0.3, 0.4) is 0 Å². The third kappa shape index (κ3) is 7.61. The van der Waals surface area contributed by atoms with E-state index in [-0.39, 0.29) is 11.3 Å². The van der Waals surface area contributed by atoms with Gasteiger partial charge in [0.1, 0.15) is 11.5 Å². The Hall–Kier alpha value is -1.90. The molecule has 0 aromatic heterocycles. The molecule has 2 rings (SSSR count). The Bertz CT molecular complexity index is 679. The number of hydrogen-bond donors (Lipinski definition) is 0. The molecule has 0 spiro atoms. The van der Waals surface area contributed by atoms with E-state index in [2.05, 4.69) is 13.8 Å². The van der Waals surface area contributed by atoms with Crippen LogP contribution >= 0.6 is 0 Å². The van der Waals surface area contributed by atoms with E-state index >= 15 is 0 Å². The van der Waals surface area contributed by atoms with Crippen LogP contribution in [0.5, 0.6) is 11.5 Å². The van der Waals surface area contributed by atoms with Crippen LogP contribution in [0.4, 0.5) is 8.78 Å². The van der Waals surface area contributed by atoms with Gasteiger partial charge in [-0.3, -0.25) is 0 Å². The Labute approximate surface area is 169 Å². The van der Waals surface area contributed by atoms with Crippen LogP contribution in [-0.2, 0) is 12.8 Å². The van der Waals surface area contributed by atoms with Crippen LogP contribution in [0.1, 0.15) is 88.3 Å². The van der Waals surface area contributed by atoms with Gasteiger partial charge in [0.2, 0.25) is 0 Å². The summed E-state index contributed by atoms with van der Waals surface area (Å²) in [6.07, 6.45) is 9.06. The maximum absolute atomic E-state index is 13.4. The van der Waals surface area contributed by atoms with E-state index in [1.807, 2.05) is 24.3 Å². The second kappa shape index (κ2) is 12.5. The average molecular weight is 389 g/mol. The van der Waals surface area contributed by atoms with Gasteiger partial charge in [-0.15, -0.1) is 0 Å². The van der Waals surface area contributed by atoms with E-state index in [1.54, 1.807) is 12.1 Å². The molecule has 0 unspecified atom stereocenters. The number of rotatable bonds is 13. The van der Waals surface area contributed by atoms with Crippen LogP contribution < -0.4 is 4.74 Å². The first-order chi connectivity index (χ1) is 13.6. The van der Waals surface area contributed by atoms with Crippen LogP contribution in [0.25, 0.3) is 0 Å². The lowest BCUT2D eigenvalue weighted by Gasteiger charge is -2.13. The molecule has 0 N–H and O–H groups in total. The van der Waals surface area contributed by atoms with E-state index < -0.39 is 6.43 Å². The fourth-order valence-corrected chi connectivity index (χ4v) is 3.37. The maximum atomic E-state index is 13.4. The first kappa shape index (κ1) is 22.4. The molecule has 0 aliphatic heterocycles. The van der Waals surface area contributed by atoms with E-state index in [9.17, 15) is 8.78 Å². The van der Waals surface area contributed by atoms with E-state index in [1.165, 1.54) is 43.7 Å². The molecule has 0 bridgehead atoms. The minimum Gasteiger partial charge on any atom is -0.457 e. The Morgan fingerprint density at radius 2 is 1.29 bits per heavy atom.